The predicted molar refractivity (Wildman–Crippen MR) is 107 cm³/mol. The molecule has 30 heavy (non-hydrogen) atoms. The second kappa shape index (κ2) is 11.8. The van der Waals surface area contributed by atoms with Crippen molar-refractivity contribution in [2.75, 3.05) is 19.8 Å². The molecule has 0 aromatic rings. The van der Waals surface area contributed by atoms with E-state index >= 15 is 0 Å². The summed E-state index contributed by atoms with van der Waals surface area (Å²) in [6, 6.07) is 0. The molecule has 2 fully saturated rings. The molecule has 0 bridgehead atoms. The molecule has 2 aliphatic rings. The van der Waals surface area contributed by atoms with Crippen LogP contribution in [0.2, 0.25) is 0 Å². The first kappa shape index (κ1) is 28.1. The van der Waals surface area contributed by atoms with Crippen molar-refractivity contribution in [3.05, 3.63) is 0 Å². The minimum absolute atomic E-state index is 0.0841. The fourth-order valence-corrected chi connectivity index (χ4v) is 6.06. The normalized spacial score (nSPS) is 20.5. The first-order valence-corrected chi connectivity index (χ1v) is 13.3. The summed E-state index contributed by atoms with van der Waals surface area (Å²) in [4.78, 5) is 31.0. The summed E-state index contributed by atoms with van der Waals surface area (Å²) in [5.74, 6) is 0.168. The maximum Gasteiger partial charge on any atom is 0.478 e. The van der Waals surface area contributed by atoms with Crippen molar-refractivity contribution in [2.45, 2.75) is 69.8 Å². The van der Waals surface area contributed by atoms with Gasteiger partial charge in [0.05, 0.1) is 30.8 Å². The maximum atomic E-state index is 11.7. The molecule has 180 valence electrons. The standard InChI is InChI=1S/C17H32O4.H4O7P2/c18-11-16(12-19,13-20)17(21,14-7-3-1-4-8-14)15-9-5-2-6-10-15;1-8(2,3)7-9(4,5)6/h14-15,18-21H,1-13H2;(H2,1,2,3)(H2,4,5,6). The average Bonchev–Trinajstić information content (AvgIpc) is 2.68. The smallest absolute Gasteiger partial charge is 0.395 e. The topological polar surface area (TPSA) is 205 Å². The van der Waals surface area contributed by atoms with Crippen LogP contribution in [0.1, 0.15) is 64.2 Å². The van der Waals surface area contributed by atoms with Gasteiger partial charge in [-0.1, -0.05) is 38.5 Å². The Labute approximate surface area is 176 Å². The maximum absolute atomic E-state index is 11.7. The molecule has 13 heteroatoms. The lowest BCUT2D eigenvalue weighted by Crippen LogP contribution is -2.64. The third-order valence-electron chi connectivity index (χ3n) is 6.43. The minimum atomic E-state index is -5.05. The second-order valence-corrected chi connectivity index (χ2v) is 10.9. The molecule has 0 aromatic heterocycles. The molecular formula is C17H36O11P2. The third-order valence-corrected chi connectivity index (χ3v) is 8.13. The monoisotopic (exact) mass is 478 g/mol. The molecule has 2 saturated carbocycles. The van der Waals surface area contributed by atoms with Crippen LogP contribution in [-0.4, -0.2) is 65.4 Å². The van der Waals surface area contributed by atoms with E-state index in [1.807, 2.05) is 0 Å². The Morgan fingerprint density at radius 1 is 0.667 bits per heavy atom. The SMILES string of the molecule is O=P(O)(O)OP(=O)(O)O.OCC(CO)(CO)C(O)(C1CCCCC1)C1CCCCC1. The Kier molecular flexibility index (Phi) is 11.1. The van der Waals surface area contributed by atoms with E-state index in [1.165, 1.54) is 12.8 Å². The molecule has 0 saturated heterocycles. The van der Waals surface area contributed by atoms with E-state index in [1.54, 1.807) is 0 Å². The van der Waals surface area contributed by atoms with Crippen LogP contribution in [0, 0.1) is 17.3 Å². The number of phosphoric acid groups is 2. The summed E-state index contributed by atoms with van der Waals surface area (Å²) in [7, 11) is -10.1. The molecule has 0 amide bonds. The average molecular weight is 478 g/mol. The largest absolute Gasteiger partial charge is 0.478 e. The molecule has 0 aliphatic heterocycles. The Morgan fingerprint density at radius 3 is 1.17 bits per heavy atom. The van der Waals surface area contributed by atoms with Crippen LogP contribution < -0.4 is 0 Å². The number of aliphatic hydroxyl groups is 4. The number of aliphatic hydroxyl groups excluding tert-OH is 3. The lowest BCUT2D eigenvalue weighted by atomic mass is 9.55. The molecule has 0 unspecified atom stereocenters. The summed E-state index contributed by atoms with van der Waals surface area (Å²) in [5.41, 5.74) is -2.33. The molecule has 0 heterocycles. The van der Waals surface area contributed by atoms with Crippen LogP contribution >= 0.6 is 15.6 Å². The van der Waals surface area contributed by atoms with Gasteiger partial charge in [0.2, 0.25) is 0 Å². The molecule has 0 spiro atoms. The van der Waals surface area contributed by atoms with E-state index < -0.39 is 26.7 Å². The van der Waals surface area contributed by atoms with Crippen molar-refractivity contribution >= 4 is 15.6 Å². The van der Waals surface area contributed by atoms with Gasteiger partial charge in [-0.05, 0) is 37.5 Å². The highest BCUT2D eigenvalue weighted by atomic mass is 31.3. The van der Waals surface area contributed by atoms with Crippen molar-refractivity contribution in [3.8, 4) is 0 Å². The van der Waals surface area contributed by atoms with Crippen LogP contribution in [0.25, 0.3) is 0 Å². The summed E-state index contributed by atoms with van der Waals surface area (Å²) in [5, 5.41) is 41.4. The van der Waals surface area contributed by atoms with Crippen molar-refractivity contribution in [2.24, 2.45) is 17.3 Å². The molecule has 2 aliphatic carbocycles. The fraction of sp³-hybridized carbons (Fsp3) is 1.00. The van der Waals surface area contributed by atoms with Gasteiger partial charge >= 0.3 is 15.6 Å². The first-order valence-electron chi connectivity index (χ1n) is 10.2. The zero-order chi connectivity index (χ0) is 23.1. The van der Waals surface area contributed by atoms with Gasteiger partial charge in [0.15, 0.2) is 0 Å². The number of hydrogen-bond donors (Lipinski definition) is 8. The van der Waals surface area contributed by atoms with Crippen LogP contribution in [0.5, 0.6) is 0 Å². The van der Waals surface area contributed by atoms with Gasteiger partial charge in [-0.2, -0.15) is 4.31 Å². The van der Waals surface area contributed by atoms with E-state index in [2.05, 4.69) is 4.31 Å². The highest BCUT2D eigenvalue weighted by Crippen LogP contribution is 2.54. The van der Waals surface area contributed by atoms with E-state index in [-0.39, 0.29) is 31.7 Å². The highest BCUT2D eigenvalue weighted by molar-refractivity contribution is 7.60. The van der Waals surface area contributed by atoms with Gasteiger partial charge in [-0.3, -0.25) is 0 Å². The van der Waals surface area contributed by atoms with Crippen LogP contribution in [0.4, 0.5) is 0 Å². The third kappa shape index (κ3) is 7.60. The van der Waals surface area contributed by atoms with Crippen LogP contribution in [-0.2, 0) is 13.4 Å². The molecule has 8 N–H and O–H groups in total. The van der Waals surface area contributed by atoms with Crippen molar-refractivity contribution in [1.82, 2.24) is 0 Å². The van der Waals surface area contributed by atoms with Gasteiger partial charge in [-0.25, -0.2) is 9.13 Å². The Hall–Kier alpha value is 0.1000. The fourth-order valence-electron chi connectivity index (χ4n) is 4.95. The van der Waals surface area contributed by atoms with Crippen molar-refractivity contribution < 1.29 is 53.4 Å². The van der Waals surface area contributed by atoms with Gasteiger partial charge in [0, 0.05) is 0 Å². The van der Waals surface area contributed by atoms with E-state index in [4.69, 9.17) is 19.6 Å². The minimum Gasteiger partial charge on any atom is -0.395 e. The van der Waals surface area contributed by atoms with E-state index in [0.29, 0.717) is 0 Å². The predicted octanol–water partition coefficient (Wildman–Crippen LogP) is 1.03. The summed E-state index contributed by atoms with van der Waals surface area (Å²) >= 11 is 0. The summed E-state index contributed by atoms with van der Waals surface area (Å²) in [6.45, 7) is -1.07. The lowest BCUT2D eigenvalue weighted by molar-refractivity contribution is -0.220. The molecule has 0 radical (unpaired) electrons. The van der Waals surface area contributed by atoms with Crippen LogP contribution in [0.3, 0.4) is 0 Å². The van der Waals surface area contributed by atoms with Crippen LogP contribution in [0.15, 0.2) is 0 Å². The molecular weight excluding hydrogens is 442 g/mol. The summed E-state index contributed by atoms with van der Waals surface area (Å²) < 4.78 is 22.2. The van der Waals surface area contributed by atoms with Gasteiger partial charge in [-0.15, -0.1) is 0 Å². The Morgan fingerprint density at radius 2 is 0.967 bits per heavy atom. The number of rotatable bonds is 8. The summed E-state index contributed by atoms with van der Waals surface area (Å²) in [6.07, 6.45) is 10.5. The quantitative estimate of drug-likeness (QED) is 0.231. The van der Waals surface area contributed by atoms with Crippen molar-refractivity contribution in [3.63, 3.8) is 0 Å². The molecule has 11 nitrogen and oxygen atoms in total. The Bertz CT molecular complexity index is 540. The van der Waals surface area contributed by atoms with Gasteiger partial charge in [0.1, 0.15) is 0 Å². The van der Waals surface area contributed by atoms with E-state index in [0.717, 1.165) is 51.4 Å². The Balaban J connectivity index is 0.000000424. The van der Waals surface area contributed by atoms with Crippen molar-refractivity contribution in [1.29, 1.82) is 0 Å². The first-order chi connectivity index (χ1) is 13.8. The molecule has 0 atom stereocenters. The molecule has 2 rings (SSSR count). The van der Waals surface area contributed by atoms with Gasteiger partial charge in [0.25, 0.3) is 0 Å². The zero-order valence-corrected chi connectivity index (χ0v) is 18.8. The zero-order valence-electron chi connectivity index (χ0n) is 17.0. The second-order valence-electron chi connectivity index (χ2n) is 8.31. The van der Waals surface area contributed by atoms with Gasteiger partial charge < -0.3 is 40.0 Å². The number of hydrogen-bond acceptors (Lipinski definition) is 7. The molecule has 0 aromatic carbocycles. The van der Waals surface area contributed by atoms with E-state index in [9.17, 15) is 29.6 Å². The highest BCUT2D eigenvalue weighted by Gasteiger charge is 2.57. The lowest BCUT2D eigenvalue weighted by Gasteiger charge is -2.55.